The van der Waals surface area contributed by atoms with Gasteiger partial charge in [0, 0.05) is 0 Å². The van der Waals surface area contributed by atoms with E-state index in [1.54, 1.807) is 0 Å². The molecule has 0 saturated heterocycles. The van der Waals surface area contributed by atoms with E-state index in [1.165, 1.54) is 0 Å². The Kier molecular flexibility index (Phi) is 48.8. The topological polar surface area (TPSA) is 461 Å². The number of halogens is 5. The average Bonchev–Trinajstić information content (AvgIpc) is 1.79. The molecule has 0 saturated carbocycles. The van der Waals surface area contributed by atoms with E-state index in [2.05, 4.69) is 0 Å². The van der Waals surface area contributed by atoms with E-state index in [4.69, 9.17) is 93.2 Å². The molecule has 0 N–H and O–H groups in total. The third kappa shape index (κ3) is 1070. The Morgan fingerprint density at radius 1 is 0.214 bits per heavy atom. The molecule has 0 aliphatic carbocycles. The zero-order chi connectivity index (χ0) is 22.5. The van der Waals surface area contributed by atoms with Gasteiger partial charge in [0.2, 0.25) is 0 Å². The van der Waals surface area contributed by atoms with E-state index in [0.29, 0.717) is 0 Å². The van der Waals surface area contributed by atoms with Crippen LogP contribution in [-0.2, 0) is 0 Å². The van der Waals surface area contributed by atoms with Crippen molar-refractivity contribution in [2.75, 3.05) is 0 Å². The molecule has 0 unspecified atom stereocenters. The third-order valence-corrected chi connectivity index (χ3v) is 0. The summed E-state index contributed by atoms with van der Waals surface area (Å²) < 4.78 is 170. The molecule has 0 aliphatic heterocycles. The van der Waals surface area contributed by atoms with Crippen molar-refractivity contribution in [1.82, 2.24) is 0 Å². The summed E-state index contributed by atoms with van der Waals surface area (Å²) >= 11 is 0. The fourth-order valence-electron chi connectivity index (χ4n) is 0. The van der Waals surface area contributed by atoms with Gasteiger partial charge in [0.25, 0.3) is 0 Å². The number of hydrogen-bond donors (Lipinski definition) is 0. The van der Waals surface area contributed by atoms with Gasteiger partial charge < -0.3 is 0 Å². The molecule has 0 atom stereocenters. The van der Waals surface area contributed by atoms with Gasteiger partial charge >= 0.3 is 143 Å². The third-order valence-electron chi connectivity index (χ3n) is 0. The van der Waals surface area contributed by atoms with Crippen molar-refractivity contribution >= 4 is 26.2 Å². The molecular formula is BiCl5O20Rb2. The molecule has 2 radical (unpaired) electrons. The zero-order valence-corrected chi connectivity index (χ0v) is 29.6. The Bertz CT molecular complexity index is 182. The summed E-state index contributed by atoms with van der Waals surface area (Å²) in [4.78, 5) is 0. The van der Waals surface area contributed by atoms with Crippen LogP contribution in [0.25, 0.3) is 0 Å². The first kappa shape index (κ1) is 54.2. The van der Waals surface area contributed by atoms with Crippen molar-refractivity contribution < 1.29 is 261 Å². The van der Waals surface area contributed by atoms with Gasteiger partial charge in [-0.05, 0) is 0 Å². The summed E-state index contributed by atoms with van der Waals surface area (Å²) in [5.41, 5.74) is 0. The summed E-state index contributed by atoms with van der Waals surface area (Å²) in [7, 11) is -24.7. The second-order valence-corrected chi connectivity index (χ2v) is 5.67. The van der Waals surface area contributed by atoms with Crippen LogP contribution in [0.15, 0.2) is 0 Å². The van der Waals surface area contributed by atoms with Crippen LogP contribution in [-0.4, -0.2) is 26.2 Å². The molecule has 0 spiro atoms. The molecule has 0 aliphatic rings. The van der Waals surface area contributed by atoms with Crippen LogP contribution in [0.1, 0.15) is 0 Å². The normalized spacial score (nSPS) is 10.7. The molecule has 0 bridgehead atoms. The largest absolute Gasteiger partial charge is 3.00 e. The SMILES string of the molecule is [Bi+3].[O-][Cl+3]([O-])([O-])[O-].[O-][Cl+3]([O-])([O-])[O-].[O-][Cl+3]([O-])([O-])[O-].[O-][Cl+3]([O-])([O-])[O-].[O-][Cl+3]([O-])([O-])[O-].[Rb+].[Rb+]. The maximum Gasteiger partial charge on any atom is 3.00 e. The molecule has 20 nitrogen and oxygen atoms in total. The van der Waals surface area contributed by atoms with Crippen LogP contribution in [0.4, 0.5) is 0 Å². The summed E-state index contributed by atoms with van der Waals surface area (Å²) in [6, 6.07) is 0. The molecule has 28 heteroatoms. The van der Waals surface area contributed by atoms with Gasteiger partial charge in [0.1, 0.15) is 0 Å². The minimum atomic E-state index is -4.94. The summed E-state index contributed by atoms with van der Waals surface area (Å²) in [6.45, 7) is 0. The molecule has 0 aromatic heterocycles. The molecule has 162 valence electrons. The van der Waals surface area contributed by atoms with E-state index in [0.717, 1.165) is 0 Å². The van der Waals surface area contributed by atoms with E-state index < -0.39 is 51.2 Å². The second kappa shape index (κ2) is 25.2. The molecule has 0 heterocycles. The van der Waals surface area contributed by atoms with Crippen LogP contribution in [0.2, 0.25) is 0 Å². The van der Waals surface area contributed by atoms with Gasteiger partial charge in [-0.2, -0.15) is 0 Å². The Hall–Kier alpha value is 5.14. The zero-order valence-electron chi connectivity index (χ0n) is 12.5. The molecule has 28 heavy (non-hydrogen) atoms. The Labute approximate surface area is 280 Å². The molecule has 0 aromatic rings. The number of rotatable bonds is 0. The Balaban J connectivity index is -0.0000000290. The van der Waals surface area contributed by atoms with Crippen molar-refractivity contribution in [2.24, 2.45) is 0 Å². The van der Waals surface area contributed by atoms with Crippen molar-refractivity contribution in [2.45, 2.75) is 0 Å². The maximum absolute atomic E-state index is 8.49. The predicted octanol–water partition coefficient (Wildman–Crippen LogP) is -30.2. The summed E-state index contributed by atoms with van der Waals surface area (Å²) in [5.74, 6) is 0. The second-order valence-electron chi connectivity index (χ2n) is 1.89. The van der Waals surface area contributed by atoms with Crippen LogP contribution < -0.4 is 210 Å². The van der Waals surface area contributed by atoms with E-state index in [1.807, 2.05) is 0 Å². The van der Waals surface area contributed by atoms with E-state index in [9.17, 15) is 0 Å². The average molecular weight is 877 g/mol. The van der Waals surface area contributed by atoms with Crippen LogP contribution >= 0.6 is 0 Å². The smallest absolute Gasteiger partial charge is 0.222 e. The molecule has 0 amide bonds. The van der Waals surface area contributed by atoms with Crippen LogP contribution in [0, 0.1) is 51.2 Å². The first-order chi connectivity index (χ1) is 10.0. The molecule has 0 fully saturated rings. The standard InChI is InChI=1S/Bi.5ClHO4.2Rb/c;5*2-1(3,4)5;;/h;5*(H,2,3,4,5);;/q+3;;;;;;2*+1/p-5. The van der Waals surface area contributed by atoms with Crippen molar-refractivity contribution in [3.05, 3.63) is 0 Å². The predicted molar refractivity (Wildman–Crippen MR) is 5.75 cm³/mol. The Morgan fingerprint density at radius 2 is 0.214 bits per heavy atom. The maximum atomic E-state index is 8.49. The monoisotopic (exact) mass is 874 g/mol. The fraction of sp³-hybridized carbons (Fsp3) is 0. The first-order valence-corrected chi connectivity index (χ1v) is 9.26. The Morgan fingerprint density at radius 3 is 0.214 bits per heavy atom. The van der Waals surface area contributed by atoms with Crippen LogP contribution in [0.3, 0.4) is 0 Å². The van der Waals surface area contributed by atoms with Crippen LogP contribution in [0.5, 0.6) is 0 Å². The van der Waals surface area contributed by atoms with Crippen molar-refractivity contribution in [3.63, 3.8) is 0 Å². The van der Waals surface area contributed by atoms with Crippen molar-refractivity contribution in [3.8, 4) is 0 Å². The van der Waals surface area contributed by atoms with Gasteiger partial charge in [-0.3, -0.25) is 0 Å². The van der Waals surface area contributed by atoms with Crippen molar-refractivity contribution in [1.29, 1.82) is 0 Å². The molecule has 0 aromatic carbocycles. The minimum absolute atomic E-state index is 0. The minimum Gasteiger partial charge on any atom is -0.222 e. The summed E-state index contributed by atoms with van der Waals surface area (Å²) in [5, 5.41) is 0. The first-order valence-electron chi connectivity index (χ1n) is 3.09. The van der Waals surface area contributed by atoms with E-state index in [-0.39, 0.29) is 143 Å². The fourth-order valence-corrected chi connectivity index (χ4v) is 0. The van der Waals surface area contributed by atoms with Gasteiger partial charge in [-0.15, -0.1) is 51.2 Å². The van der Waals surface area contributed by atoms with Gasteiger partial charge in [0.15, 0.2) is 0 Å². The quantitative estimate of drug-likeness (QED) is 0.204. The number of hydrogen-bond acceptors (Lipinski definition) is 20. The van der Waals surface area contributed by atoms with Gasteiger partial charge in [-0.25, -0.2) is 93.2 Å². The van der Waals surface area contributed by atoms with Gasteiger partial charge in [0.05, 0.1) is 0 Å². The molecular weight excluding hydrogens is 877 g/mol. The molecule has 0 rings (SSSR count). The van der Waals surface area contributed by atoms with Gasteiger partial charge in [-0.1, -0.05) is 0 Å². The summed E-state index contributed by atoms with van der Waals surface area (Å²) in [6.07, 6.45) is 0. The van der Waals surface area contributed by atoms with E-state index >= 15 is 0 Å².